The monoisotopic (exact) mass is 335 g/mol. The second kappa shape index (κ2) is 7.11. The van der Waals surface area contributed by atoms with Gasteiger partial charge in [0, 0.05) is 10.5 Å². The fraction of sp³-hybridized carbons (Fsp3) is 0.500. The SMILES string of the molecule is CC(N)CCS(=O)(=O)CCOc1cccc(Br)c1. The van der Waals surface area contributed by atoms with E-state index in [9.17, 15) is 8.42 Å². The lowest BCUT2D eigenvalue weighted by Crippen LogP contribution is -2.23. The average molecular weight is 336 g/mol. The van der Waals surface area contributed by atoms with E-state index in [0.29, 0.717) is 12.2 Å². The number of ether oxygens (including phenoxy) is 1. The zero-order valence-corrected chi connectivity index (χ0v) is 12.7. The van der Waals surface area contributed by atoms with Crippen molar-refractivity contribution in [2.75, 3.05) is 18.1 Å². The highest BCUT2D eigenvalue weighted by Gasteiger charge is 2.12. The molecule has 0 radical (unpaired) electrons. The number of hydrogen-bond acceptors (Lipinski definition) is 4. The van der Waals surface area contributed by atoms with E-state index in [1.165, 1.54) is 0 Å². The van der Waals surface area contributed by atoms with Crippen molar-refractivity contribution in [2.45, 2.75) is 19.4 Å². The third kappa shape index (κ3) is 6.37. The minimum atomic E-state index is -3.07. The van der Waals surface area contributed by atoms with E-state index in [1.807, 2.05) is 12.1 Å². The summed E-state index contributed by atoms with van der Waals surface area (Å²) in [4.78, 5) is 0. The molecule has 6 heteroatoms. The van der Waals surface area contributed by atoms with Gasteiger partial charge in [0.1, 0.15) is 12.4 Å². The largest absolute Gasteiger partial charge is 0.492 e. The van der Waals surface area contributed by atoms with Gasteiger partial charge in [0.25, 0.3) is 0 Å². The van der Waals surface area contributed by atoms with E-state index in [0.717, 1.165) is 4.47 Å². The molecule has 1 rings (SSSR count). The molecule has 0 aliphatic carbocycles. The number of hydrogen-bond donors (Lipinski definition) is 1. The van der Waals surface area contributed by atoms with Crippen molar-refractivity contribution in [2.24, 2.45) is 5.73 Å². The highest BCUT2D eigenvalue weighted by molar-refractivity contribution is 9.10. The third-order valence-electron chi connectivity index (χ3n) is 2.34. The van der Waals surface area contributed by atoms with E-state index in [4.69, 9.17) is 10.5 Å². The molecule has 1 unspecified atom stereocenters. The first-order valence-electron chi connectivity index (χ1n) is 5.73. The average Bonchev–Trinajstić information content (AvgIpc) is 2.26. The minimum absolute atomic E-state index is 0.0201. The van der Waals surface area contributed by atoms with Crippen LogP contribution in [0.4, 0.5) is 0 Å². The lowest BCUT2D eigenvalue weighted by atomic mass is 10.3. The Morgan fingerprint density at radius 3 is 2.72 bits per heavy atom. The van der Waals surface area contributed by atoms with Gasteiger partial charge in [-0.1, -0.05) is 22.0 Å². The number of halogens is 1. The lowest BCUT2D eigenvalue weighted by Gasteiger charge is -2.08. The molecule has 1 atom stereocenters. The first kappa shape index (κ1) is 15.5. The Morgan fingerprint density at radius 2 is 2.11 bits per heavy atom. The fourth-order valence-electron chi connectivity index (χ4n) is 1.31. The summed E-state index contributed by atoms with van der Waals surface area (Å²) >= 11 is 3.32. The van der Waals surface area contributed by atoms with Gasteiger partial charge < -0.3 is 10.5 Å². The van der Waals surface area contributed by atoms with Crippen molar-refractivity contribution in [1.29, 1.82) is 0 Å². The van der Waals surface area contributed by atoms with Gasteiger partial charge in [-0.3, -0.25) is 0 Å². The van der Waals surface area contributed by atoms with Gasteiger partial charge in [-0.2, -0.15) is 0 Å². The molecular weight excluding hydrogens is 318 g/mol. The van der Waals surface area contributed by atoms with E-state index in [2.05, 4.69) is 15.9 Å². The Balaban J connectivity index is 2.37. The summed E-state index contributed by atoms with van der Waals surface area (Å²) in [7, 11) is -3.07. The van der Waals surface area contributed by atoms with Gasteiger partial charge in [-0.25, -0.2) is 8.42 Å². The predicted molar refractivity (Wildman–Crippen MR) is 76.6 cm³/mol. The van der Waals surface area contributed by atoms with Gasteiger partial charge >= 0.3 is 0 Å². The summed E-state index contributed by atoms with van der Waals surface area (Å²) < 4.78 is 29.6. The highest BCUT2D eigenvalue weighted by atomic mass is 79.9. The molecular formula is C12H18BrNO3S. The van der Waals surface area contributed by atoms with Crippen LogP contribution in [0.15, 0.2) is 28.7 Å². The van der Waals surface area contributed by atoms with Crippen molar-refractivity contribution in [3.8, 4) is 5.75 Å². The Bertz CT molecular complexity index is 474. The van der Waals surface area contributed by atoms with Crippen LogP contribution in [0.5, 0.6) is 5.75 Å². The molecule has 0 fully saturated rings. The number of sulfone groups is 1. The van der Waals surface area contributed by atoms with Crippen molar-refractivity contribution in [1.82, 2.24) is 0 Å². The Labute approximate surface area is 117 Å². The second-order valence-electron chi connectivity index (χ2n) is 4.22. The number of benzene rings is 1. The van der Waals surface area contributed by atoms with Crippen LogP contribution >= 0.6 is 15.9 Å². The van der Waals surface area contributed by atoms with E-state index in [1.54, 1.807) is 19.1 Å². The zero-order valence-electron chi connectivity index (χ0n) is 10.3. The van der Waals surface area contributed by atoms with Crippen molar-refractivity contribution < 1.29 is 13.2 Å². The van der Waals surface area contributed by atoms with Gasteiger partial charge in [0.2, 0.25) is 0 Å². The van der Waals surface area contributed by atoms with Crippen LogP contribution in [-0.4, -0.2) is 32.6 Å². The molecule has 0 saturated heterocycles. The van der Waals surface area contributed by atoms with Crippen molar-refractivity contribution in [3.05, 3.63) is 28.7 Å². The summed E-state index contributed by atoms with van der Waals surface area (Å²) in [5, 5.41) is 0. The Kier molecular flexibility index (Phi) is 6.11. The van der Waals surface area contributed by atoms with Crippen molar-refractivity contribution in [3.63, 3.8) is 0 Å². The van der Waals surface area contributed by atoms with Crippen LogP contribution in [0, 0.1) is 0 Å². The summed E-state index contributed by atoms with van der Waals surface area (Å²) in [6.07, 6.45) is 0.485. The quantitative estimate of drug-likeness (QED) is 0.827. The summed E-state index contributed by atoms with van der Waals surface area (Å²) in [6, 6.07) is 7.22. The molecule has 0 aromatic heterocycles. The van der Waals surface area contributed by atoms with Crippen LogP contribution in [0.25, 0.3) is 0 Å². The summed E-state index contributed by atoms with van der Waals surface area (Å²) in [6.45, 7) is 1.96. The minimum Gasteiger partial charge on any atom is -0.492 e. The molecule has 0 aliphatic rings. The lowest BCUT2D eigenvalue weighted by molar-refractivity contribution is 0.340. The van der Waals surface area contributed by atoms with Gasteiger partial charge in [-0.15, -0.1) is 0 Å². The van der Waals surface area contributed by atoms with E-state index in [-0.39, 0.29) is 24.2 Å². The van der Waals surface area contributed by atoms with Gasteiger partial charge in [0.05, 0.1) is 11.5 Å². The van der Waals surface area contributed by atoms with Crippen LogP contribution in [0.1, 0.15) is 13.3 Å². The molecule has 0 bridgehead atoms. The number of nitrogens with two attached hydrogens (primary N) is 1. The summed E-state index contributed by atoms with van der Waals surface area (Å²) in [5.41, 5.74) is 5.54. The van der Waals surface area contributed by atoms with Gasteiger partial charge in [-0.05, 0) is 31.5 Å². The molecule has 0 amide bonds. The third-order valence-corrected chi connectivity index (χ3v) is 4.48. The van der Waals surface area contributed by atoms with Crippen LogP contribution in [-0.2, 0) is 9.84 Å². The fourth-order valence-corrected chi connectivity index (χ4v) is 2.96. The first-order chi connectivity index (χ1) is 8.39. The molecule has 0 heterocycles. The molecule has 0 saturated carbocycles. The standard InChI is InChI=1S/C12H18BrNO3S/c1-10(14)5-7-18(15,16)8-6-17-12-4-2-3-11(13)9-12/h2-4,9-10H,5-8,14H2,1H3. The molecule has 102 valence electrons. The number of rotatable bonds is 7. The van der Waals surface area contributed by atoms with E-state index >= 15 is 0 Å². The normalized spacial score (nSPS) is 13.3. The maximum atomic E-state index is 11.6. The predicted octanol–water partition coefficient (Wildman–Crippen LogP) is 1.98. The second-order valence-corrected chi connectivity index (χ2v) is 7.44. The molecule has 0 spiro atoms. The molecule has 18 heavy (non-hydrogen) atoms. The molecule has 1 aromatic carbocycles. The Morgan fingerprint density at radius 1 is 1.39 bits per heavy atom. The Hall–Kier alpha value is -0.590. The van der Waals surface area contributed by atoms with Crippen molar-refractivity contribution >= 4 is 25.8 Å². The smallest absolute Gasteiger partial charge is 0.153 e. The first-order valence-corrected chi connectivity index (χ1v) is 8.35. The van der Waals surface area contributed by atoms with Crippen LogP contribution in [0.2, 0.25) is 0 Å². The molecule has 4 nitrogen and oxygen atoms in total. The van der Waals surface area contributed by atoms with Gasteiger partial charge in [0.15, 0.2) is 9.84 Å². The maximum Gasteiger partial charge on any atom is 0.153 e. The van der Waals surface area contributed by atoms with Crippen LogP contribution in [0.3, 0.4) is 0 Å². The molecule has 0 aliphatic heterocycles. The topological polar surface area (TPSA) is 69.4 Å². The maximum absolute atomic E-state index is 11.6. The van der Waals surface area contributed by atoms with E-state index < -0.39 is 9.84 Å². The molecule has 2 N–H and O–H groups in total. The zero-order chi connectivity index (χ0) is 13.6. The summed E-state index contributed by atoms with van der Waals surface area (Å²) in [5.74, 6) is 0.797. The molecule has 1 aromatic rings. The van der Waals surface area contributed by atoms with Crippen LogP contribution < -0.4 is 10.5 Å². The highest BCUT2D eigenvalue weighted by Crippen LogP contribution is 2.17.